The van der Waals surface area contributed by atoms with Gasteiger partial charge < -0.3 is 5.32 Å². The summed E-state index contributed by atoms with van der Waals surface area (Å²) < 4.78 is 0. The van der Waals surface area contributed by atoms with E-state index in [9.17, 15) is 0 Å². The van der Waals surface area contributed by atoms with E-state index in [-0.39, 0.29) is 0 Å². The van der Waals surface area contributed by atoms with Crippen LogP contribution in [0.2, 0.25) is 5.02 Å². The van der Waals surface area contributed by atoms with E-state index in [0.717, 1.165) is 30.8 Å². The smallest absolute Gasteiger partial charge is 0.178 e. The van der Waals surface area contributed by atoms with Crippen LogP contribution in [0.1, 0.15) is 43.5 Å². The minimum Gasteiger partial charge on any atom is -0.310 e. The highest BCUT2D eigenvalue weighted by molar-refractivity contribution is 6.30. The highest BCUT2D eigenvalue weighted by Gasteiger charge is 2.20. The summed E-state index contributed by atoms with van der Waals surface area (Å²) in [4.78, 5) is 13.6. The van der Waals surface area contributed by atoms with Crippen molar-refractivity contribution in [2.45, 2.75) is 38.6 Å². The first-order valence-electron chi connectivity index (χ1n) is 7.49. The van der Waals surface area contributed by atoms with Gasteiger partial charge in [0, 0.05) is 29.7 Å². The molecule has 0 spiro atoms. The Morgan fingerprint density at radius 1 is 1.24 bits per heavy atom. The Kier molecular flexibility index (Phi) is 4.46. The van der Waals surface area contributed by atoms with Crippen LogP contribution in [0.15, 0.2) is 24.5 Å². The molecule has 0 aliphatic heterocycles. The average Bonchev–Trinajstić information content (AvgIpc) is 2.70. The Hall–Kier alpha value is -1.52. The van der Waals surface area contributed by atoms with Crippen molar-refractivity contribution in [3.63, 3.8) is 0 Å². The first-order valence-corrected chi connectivity index (χ1v) is 7.87. The lowest BCUT2D eigenvalue weighted by molar-refractivity contribution is 0.502. The second-order valence-corrected chi connectivity index (χ2v) is 5.75. The minimum atomic E-state index is 0.375. The summed E-state index contributed by atoms with van der Waals surface area (Å²) in [5, 5.41) is 4.16. The Morgan fingerprint density at radius 3 is 2.90 bits per heavy atom. The van der Waals surface area contributed by atoms with E-state index < -0.39 is 0 Å². The largest absolute Gasteiger partial charge is 0.310 e. The maximum Gasteiger partial charge on any atom is 0.178 e. The molecule has 1 atom stereocenters. The van der Waals surface area contributed by atoms with Gasteiger partial charge in [-0.05, 0) is 37.9 Å². The predicted molar refractivity (Wildman–Crippen MR) is 84.2 cm³/mol. The highest BCUT2D eigenvalue weighted by atomic mass is 35.5. The van der Waals surface area contributed by atoms with Crippen molar-refractivity contribution >= 4 is 11.6 Å². The summed E-state index contributed by atoms with van der Waals surface area (Å²) in [5.74, 6) is 0.683. The molecule has 1 aliphatic rings. The summed E-state index contributed by atoms with van der Waals surface area (Å²) >= 11 is 5.88. The molecule has 0 saturated carbocycles. The summed E-state index contributed by atoms with van der Waals surface area (Å²) in [6.07, 6.45) is 8.17. The van der Waals surface area contributed by atoms with Crippen molar-refractivity contribution < 1.29 is 0 Å². The lowest BCUT2D eigenvalue weighted by Gasteiger charge is -2.17. The summed E-state index contributed by atoms with van der Waals surface area (Å²) in [6, 6.07) is 4.06. The average molecular weight is 303 g/mol. The van der Waals surface area contributed by atoms with E-state index in [1.54, 1.807) is 6.20 Å². The van der Waals surface area contributed by atoms with E-state index >= 15 is 0 Å². The summed E-state index contributed by atoms with van der Waals surface area (Å²) in [5.41, 5.74) is 3.17. The molecule has 2 heterocycles. The Morgan fingerprint density at radius 2 is 2.14 bits per heavy atom. The molecule has 2 aromatic heterocycles. The first-order chi connectivity index (χ1) is 10.3. The number of fused-ring (bicyclic) bond motifs is 1. The second-order valence-electron chi connectivity index (χ2n) is 5.31. The van der Waals surface area contributed by atoms with Crippen LogP contribution in [-0.2, 0) is 6.42 Å². The van der Waals surface area contributed by atoms with Gasteiger partial charge in [-0.15, -0.1) is 0 Å². The van der Waals surface area contributed by atoms with Gasteiger partial charge in [0.25, 0.3) is 0 Å². The topological polar surface area (TPSA) is 50.7 Å². The van der Waals surface area contributed by atoms with Gasteiger partial charge in [-0.1, -0.05) is 24.9 Å². The van der Waals surface area contributed by atoms with Crippen LogP contribution in [0.25, 0.3) is 11.5 Å². The fourth-order valence-corrected chi connectivity index (χ4v) is 2.92. The molecule has 1 aliphatic carbocycles. The standard InChI is InChI=1S/C16H19ClN4/c1-2-18-13-5-3-4-6-14-12(13)10-20-16(21-14)15-8-7-11(17)9-19-15/h7-10,13,18H,2-6H2,1H3. The predicted octanol–water partition coefficient (Wildman–Crippen LogP) is 3.57. The van der Waals surface area contributed by atoms with Crippen molar-refractivity contribution in [1.82, 2.24) is 20.3 Å². The number of hydrogen-bond donors (Lipinski definition) is 1. The zero-order chi connectivity index (χ0) is 14.7. The van der Waals surface area contributed by atoms with E-state index in [0.29, 0.717) is 16.9 Å². The lowest BCUT2D eigenvalue weighted by Crippen LogP contribution is -2.21. The van der Waals surface area contributed by atoms with Crippen molar-refractivity contribution in [3.05, 3.63) is 40.8 Å². The van der Waals surface area contributed by atoms with Crippen molar-refractivity contribution in [3.8, 4) is 11.5 Å². The van der Waals surface area contributed by atoms with E-state index in [4.69, 9.17) is 16.6 Å². The van der Waals surface area contributed by atoms with Crippen molar-refractivity contribution in [1.29, 1.82) is 0 Å². The minimum absolute atomic E-state index is 0.375. The monoisotopic (exact) mass is 302 g/mol. The molecule has 0 fully saturated rings. The maximum absolute atomic E-state index is 5.88. The zero-order valence-corrected chi connectivity index (χ0v) is 12.9. The van der Waals surface area contributed by atoms with Crippen LogP contribution in [0.3, 0.4) is 0 Å². The van der Waals surface area contributed by atoms with Gasteiger partial charge in [0.15, 0.2) is 5.82 Å². The van der Waals surface area contributed by atoms with Crippen LogP contribution in [-0.4, -0.2) is 21.5 Å². The molecule has 0 bridgehead atoms. The molecular weight excluding hydrogens is 284 g/mol. The van der Waals surface area contributed by atoms with Gasteiger partial charge in [-0.3, -0.25) is 4.98 Å². The number of aryl methyl sites for hydroxylation is 1. The van der Waals surface area contributed by atoms with E-state index in [1.807, 2.05) is 18.3 Å². The fraction of sp³-hybridized carbons (Fsp3) is 0.438. The molecule has 1 unspecified atom stereocenters. The first kappa shape index (κ1) is 14.4. The lowest BCUT2D eigenvalue weighted by atomic mass is 10.0. The molecule has 110 valence electrons. The number of nitrogens with one attached hydrogen (secondary N) is 1. The van der Waals surface area contributed by atoms with Gasteiger partial charge in [-0.25, -0.2) is 9.97 Å². The van der Waals surface area contributed by atoms with Gasteiger partial charge in [0.1, 0.15) is 5.69 Å². The van der Waals surface area contributed by atoms with Crippen LogP contribution >= 0.6 is 11.6 Å². The Balaban J connectivity index is 1.96. The number of nitrogens with zero attached hydrogens (tertiary/aromatic N) is 3. The van der Waals surface area contributed by atoms with Gasteiger partial charge in [0.2, 0.25) is 0 Å². The van der Waals surface area contributed by atoms with E-state index in [2.05, 4.69) is 22.2 Å². The number of aromatic nitrogens is 3. The highest BCUT2D eigenvalue weighted by Crippen LogP contribution is 2.28. The second kappa shape index (κ2) is 6.50. The van der Waals surface area contributed by atoms with Gasteiger partial charge in [-0.2, -0.15) is 0 Å². The molecular formula is C16H19ClN4. The van der Waals surface area contributed by atoms with Gasteiger partial charge in [0.05, 0.1) is 5.02 Å². The molecule has 0 radical (unpaired) electrons. The molecule has 3 rings (SSSR count). The third kappa shape index (κ3) is 3.22. The normalized spacial score (nSPS) is 18.1. The SMILES string of the molecule is CCNC1CCCCc2nc(-c3ccc(Cl)cn3)ncc21. The maximum atomic E-state index is 5.88. The molecule has 2 aromatic rings. The number of rotatable bonds is 3. The Bertz CT molecular complexity index is 612. The molecule has 21 heavy (non-hydrogen) atoms. The number of pyridine rings is 1. The Labute approximate surface area is 130 Å². The zero-order valence-electron chi connectivity index (χ0n) is 12.1. The molecule has 5 heteroatoms. The summed E-state index contributed by atoms with van der Waals surface area (Å²) in [6.45, 7) is 3.10. The quantitative estimate of drug-likeness (QED) is 0.881. The molecule has 0 aromatic carbocycles. The van der Waals surface area contributed by atoms with Crippen LogP contribution < -0.4 is 5.32 Å². The van der Waals surface area contributed by atoms with Crippen LogP contribution in [0.5, 0.6) is 0 Å². The number of halogens is 1. The third-order valence-corrected chi connectivity index (χ3v) is 4.06. The van der Waals surface area contributed by atoms with Crippen molar-refractivity contribution in [2.75, 3.05) is 6.54 Å². The van der Waals surface area contributed by atoms with Crippen molar-refractivity contribution in [2.24, 2.45) is 0 Å². The molecule has 4 nitrogen and oxygen atoms in total. The van der Waals surface area contributed by atoms with Crippen LogP contribution in [0, 0.1) is 0 Å². The fourth-order valence-electron chi connectivity index (χ4n) is 2.80. The molecule has 1 N–H and O–H groups in total. The number of hydrogen-bond acceptors (Lipinski definition) is 4. The third-order valence-electron chi connectivity index (χ3n) is 3.84. The molecule has 0 amide bonds. The van der Waals surface area contributed by atoms with E-state index in [1.165, 1.54) is 18.4 Å². The van der Waals surface area contributed by atoms with Crippen LogP contribution in [0.4, 0.5) is 0 Å². The van der Waals surface area contributed by atoms with Gasteiger partial charge >= 0.3 is 0 Å². The molecule has 0 saturated heterocycles. The summed E-state index contributed by atoms with van der Waals surface area (Å²) in [7, 11) is 0.